The standard InChI is InChI=1S/C18H18N4O2/c1-2-3-5-14-10-17(22-13-21-14)23-15-6-4-7-16(11-15)24-18-12-19-8-9-20-18/h4,6-13H,2-3,5H2,1H3. The van der Waals surface area contributed by atoms with Gasteiger partial charge in [-0.25, -0.2) is 15.0 Å². The van der Waals surface area contributed by atoms with Gasteiger partial charge >= 0.3 is 0 Å². The van der Waals surface area contributed by atoms with Crippen molar-refractivity contribution in [3.8, 4) is 23.3 Å². The summed E-state index contributed by atoms with van der Waals surface area (Å²) in [6.45, 7) is 2.15. The van der Waals surface area contributed by atoms with Gasteiger partial charge in [0.25, 0.3) is 0 Å². The Bertz CT molecular complexity index is 781. The largest absolute Gasteiger partial charge is 0.439 e. The van der Waals surface area contributed by atoms with Gasteiger partial charge in [-0.2, -0.15) is 0 Å². The minimum Gasteiger partial charge on any atom is -0.439 e. The van der Waals surface area contributed by atoms with Crippen LogP contribution >= 0.6 is 0 Å². The average Bonchev–Trinajstić information content (AvgIpc) is 2.61. The van der Waals surface area contributed by atoms with Crippen LogP contribution in [-0.4, -0.2) is 19.9 Å². The topological polar surface area (TPSA) is 70.0 Å². The van der Waals surface area contributed by atoms with Crippen molar-refractivity contribution in [3.63, 3.8) is 0 Å². The Morgan fingerprint density at radius 3 is 2.50 bits per heavy atom. The van der Waals surface area contributed by atoms with Gasteiger partial charge in [-0.3, -0.25) is 4.98 Å². The van der Waals surface area contributed by atoms with E-state index >= 15 is 0 Å². The number of hydrogen-bond donors (Lipinski definition) is 0. The van der Waals surface area contributed by atoms with E-state index in [0.29, 0.717) is 23.3 Å². The molecule has 0 saturated heterocycles. The number of unbranched alkanes of at least 4 members (excludes halogenated alkanes) is 1. The summed E-state index contributed by atoms with van der Waals surface area (Å²) in [4.78, 5) is 16.5. The zero-order chi connectivity index (χ0) is 16.6. The van der Waals surface area contributed by atoms with Crippen LogP contribution < -0.4 is 9.47 Å². The fraction of sp³-hybridized carbons (Fsp3) is 0.222. The summed E-state index contributed by atoms with van der Waals surface area (Å²) in [6, 6.07) is 9.17. The molecule has 122 valence electrons. The number of ether oxygens (including phenoxy) is 2. The summed E-state index contributed by atoms with van der Waals surface area (Å²) in [6.07, 6.45) is 9.40. The quantitative estimate of drug-likeness (QED) is 0.649. The van der Waals surface area contributed by atoms with Crippen molar-refractivity contribution in [3.05, 3.63) is 60.9 Å². The molecule has 0 spiro atoms. The highest BCUT2D eigenvalue weighted by Crippen LogP contribution is 2.26. The lowest BCUT2D eigenvalue weighted by molar-refractivity contribution is 0.439. The van der Waals surface area contributed by atoms with Crippen molar-refractivity contribution >= 4 is 0 Å². The van der Waals surface area contributed by atoms with Crippen LogP contribution in [0.2, 0.25) is 0 Å². The van der Waals surface area contributed by atoms with Crippen LogP contribution in [0.5, 0.6) is 23.3 Å². The van der Waals surface area contributed by atoms with Crippen LogP contribution in [0.15, 0.2) is 55.2 Å². The Balaban J connectivity index is 1.70. The van der Waals surface area contributed by atoms with Crippen LogP contribution in [0, 0.1) is 0 Å². The molecule has 0 aliphatic carbocycles. The normalized spacial score (nSPS) is 10.4. The van der Waals surface area contributed by atoms with Gasteiger partial charge in [0.15, 0.2) is 0 Å². The summed E-state index contributed by atoms with van der Waals surface area (Å²) in [5, 5.41) is 0. The maximum absolute atomic E-state index is 5.81. The lowest BCUT2D eigenvalue weighted by Gasteiger charge is -2.08. The van der Waals surface area contributed by atoms with E-state index in [1.165, 1.54) is 6.33 Å². The third-order valence-corrected chi connectivity index (χ3v) is 3.27. The number of nitrogens with zero attached hydrogens (tertiary/aromatic N) is 4. The van der Waals surface area contributed by atoms with Crippen LogP contribution in [0.4, 0.5) is 0 Å². The minimum atomic E-state index is 0.429. The molecule has 6 heteroatoms. The molecule has 0 amide bonds. The Morgan fingerprint density at radius 2 is 1.75 bits per heavy atom. The first-order chi connectivity index (χ1) is 11.8. The minimum absolute atomic E-state index is 0.429. The molecular formula is C18H18N4O2. The van der Waals surface area contributed by atoms with E-state index in [1.807, 2.05) is 24.3 Å². The number of rotatable bonds is 7. The third-order valence-electron chi connectivity index (χ3n) is 3.27. The van der Waals surface area contributed by atoms with Crippen LogP contribution in [0.1, 0.15) is 25.5 Å². The van der Waals surface area contributed by atoms with Gasteiger partial charge in [0, 0.05) is 30.2 Å². The monoisotopic (exact) mass is 322 g/mol. The van der Waals surface area contributed by atoms with Crippen molar-refractivity contribution in [2.75, 3.05) is 0 Å². The molecule has 0 atom stereocenters. The molecule has 0 aliphatic heterocycles. The maximum Gasteiger partial charge on any atom is 0.237 e. The maximum atomic E-state index is 5.81. The van der Waals surface area contributed by atoms with E-state index in [-0.39, 0.29) is 0 Å². The van der Waals surface area contributed by atoms with Crippen molar-refractivity contribution in [1.29, 1.82) is 0 Å². The molecule has 2 heterocycles. The highest BCUT2D eigenvalue weighted by atomic mass is 16.5. The predicted molar refractivity (Wildman–Crippen MR) is 89.3 cm³/mol. The lowest BCUT2D eigenvalue weighted by atomic mass is 10.2. The molecule has 3 rings (SSSR count). The second kappa shape index (κ2) is 8.01. The lowest BCUT2D eigenvalue weighted by Crippen LogP contribution is -1.95. The molecule has 0 N–H and O–H groups in total. The number of aryl methyl sites for hydroxylation is 1. The highest BCUT2D eigenvalue weighted by Gasteiger charge is 2.04. The van der Waals surface area contributed by atoms with Crippen molar-refractivity contribution in [1.82, 2.24) is 19.9 Å². The molecule has 0 fully saturated rings. The number of benzene rings is 1. The SMILES string of the molecule is CCCCc1cc(Oc2cccc(Oc3cnccn3)c2)ncn1. The zero-order valence-corrected chi connectivity index (χ0v) is 13.4. The van der Waals surface area contributed by atoms with Gasteiger partial charge in [0.05, 0.1) is 6.20 Å². The van der Waals surface area contributed by atoms with Crippen LogP contribution in [0.3, 0.4) is 0 Å². The summed E-state index contributed by atoms with van der Waals surface area (Å²) in [5.74, 6) is 2.20. The van der Waals surface area contributed by atoms with Crippen LogP contribution in [0.25, 0.3) is 0 Å². The molecule has 1 aromatic carbocycles. The smallest absolute Gasteiger partial charge is 0.237 e. The fourth-order valence-electron chi connectivity index (χ4n) is 2.11. The van der Waals surface area contributed by atoms with Gasteiger partial charge in [-0.1, -0.05) is 19.4 Å². The predicted octanol–water partition coefficient (Wildman–Crippen LogP) is 4.19. The molecule has 0 bridgehead atoms. The van der Waals surface area contributed by atoms with E-state index in [0.717, 1.165) is 25.0 Å². The van der Waals surface area contributed by atoms with E-state index in [1.54, 1.807) is 24.7 Å². The molecule has 24 heavy (non-hydrogen) atoms. The molecule has 0 radical (unpaired) electrons. The molecule has 0 unspecified atom stereocenters. The van der Waals surface area contributed by atoms with Gasteiger partial charge in [-0.05, 0) is 25.0 Å². The molecule has 0 aliphatic rings. The van der Waals surface area contributed by atoms with Gasteiger partial charge < -0.3 is 9.47 Å². The molecule has 3 aromatic rings. The molecule has 6 nitrogen and oxygen atoms in total. The first kappa shape index (κ1) is 15.9. The second-order valence-electron chi connectivity index (χ2n) is 5.17. The summed E-state index contributed by atoms with van der Waals surface area (Å²) in [7, 11) is 0. The molecule has 0 saturated carbocycles. The van der Waals surface area contributed by atoms with Gasteiger partial charge in [-0.15, -0.1) is 0 Å². The Morgan fingerprint density at radius 1 is 0.917 bits per heavy atom. The number of aromatic nitrogens is 4. The van der Waals surface area contributed by atoms with E-state index in [9.17, 15) is 0 Å². The van der Waals surface area contributed by atoms with E-state index in [2.05, 4.69) is 26.9 Å². The van der Waals surface area contributed by atoms with E-state index in [4.69, 9.17) is 9.47 Å². The van der Waals surface area contributed by atoms with Crippen molar-refractivity contribution < 1.29 is 9.47 Å². The third kappa shape index (κ3) is 4.49. The zero-order valence-electron chi connectivity index (χ0n) is 13.4. The van der Waals surface area contributed by atoms with Crippen LogP contribution in [-0.2, 0) is 6.42 Å². The first-order valence-corrected chi connectivity index (χ1v) is 7.86. The summed E-state index contributed by atoms with van der Waals surface area (Å²) < 4.78 is 11.5. The molecular weight excluding hydrogens is 304 g/mol. The van der Waals surface area contributed by atoms with Crippen molar-refractivity contribution in [2.24, 2.45) is 0 Å². The Labute approximate surface area is 140 Å². The molecule has 2 aromatic heterocycles. The first-order valence-electron chi connectivity index (χ1n) is 7.86. The van der Waals surface area contributed by atoms with Gasteiger partial charge in [0.1, 0.15) is 17.8 Å². The Hall–Kier alpha value is -3.02. The fourth-order valence-corrected chi connectivity index (χ4v) is 2.11. The summed E-state index contributed by atoms with van der Waals surface area (Å²) >= 11 is 0. The van der Waals surface area contributed by atoms with Gasteiger partial charge in [0.2, 0.25) is 11.8 Å². The summed E-state index contributed by atoms with van der Waals surface area (Å²) in [5.41, 5.74) is 0.980. The van der Waals surface area contributed by atoms with E-state index < -0.39 is 0 Å². The van der Waals surface area contributed by atoms with Crippen molar-refractivity contribution in [2.45, 2.75) is 26.2 Å². The number of hydrogen-bond acceptors (Lipinski definition) is 6. The average molecular weight is 322 g/mol. The highest BCUT2D eigenvalue weighted by molar-refractivity contribution is 5.36. The second-order valence-corrected chi connectivity index (χ2v) is 5.17. The Kier molecular flexibility index (Phi) is 5.29.